The van der Waals surface area contributed by atoms with E-state index in [1.54, 1.807) is 0 Å². The van der Waals surface area contributed by atoms with E-state index >= 15 is 0 Å². The number of hydrogen-bond donors (Lipinski definition) is 1. The molecule has 62 valence electrons. The van der Waals surface area contributed by atoms with Crippen LogP contribution in [-0.2, 0) is 0 Å². The minimum atomic E-state index is 0.222. The summed E-state index contributed by atoms with van der Waals surface area (Å²) in [6.07, 6.45) is 0.579. The summed E-state index contributed by atoms with van der Waals surface area (Å²) in [5, 5.41) is 3.69. The lowest BCUT2D eigenvalue weighted by atomic mass is 10.2. The molecule has 1 rings (SSSR count). The normalized spacial score (nSPS) is 9.50. The molecule has 0 atom stereocenters. The van der Waals surface area contributed by atoms with E-state index in [1.165, 1.54) is 12.1 Å². The number of nitrogens with one attached hydrogen (secondary N) is 1. The van der Waals surface area contributed by atoms with Gasteiger partial charge in [-0.1, -0.05) is 23.2 Å². The number of aldehydes is 1. The maximum absolute atomic E-state index is 10.4. The molecular formula is C7H4Cl2N2O. The fraction of sp³-hybridized carbons (Fsp3) is 0. The van der Waals surface area contributed by atoms with Crippen molar-refractivity contribution in [1.82, 2.24) is 0 Å². The van der Waals surface area contributed by atoms with Gasteiger partial charge in [0.05, 0.1) is 15.7 Å². The predicted octanol–water partition coefficient (Wildman–Crippen LogP) is 3.47. The van der Waals surface area contributed by atoms with Crippen molar-refractivity contribution in [1.29, 1.82) is 5.53 Å². The Morgan fingerprint density at radius 3 is 2.42 bits per heavy atom. The quantitative estimate of drug-likeness (QED) is 0.580. The Morgan fingerprint density at radius 2 is 1.92 bits per heavy atom. The molecule has 1 aromatic carbocycles. The topological polar surface area (TPSA) is 53.3 Å². The smallest absolute Gasteiger partial charge is 0.152 e. The van der Waals surface area contributed by atoms with E-state index in [-0.39, 0.29) is 21.3 Å². The molecule has 0 aromatic heterocycles. The zero-order valence-corrected chi connectivity index (χ0v) is 7.36. The van der Waals surface area contributed by atoms with Crippen LogP contribution in [0.25, 0.3) is 0 Å². The maximum atomic E-state index is 10.4. The fourth-order valence-electron chi connectivity index (χ4n) is 0.743. The van der Waals surface area contributed by atoms with E-state index in [2.05, 4.69) is 5.11 Å². The molecule has 0 fully saturated rings. The van der Waals surface area contributed by atoms with E-state index < -0.39 is 0 Å². The Hall–Kier alpha value is -0.930. The lowest BCUT2D eigenvalue weighted by Gasteiger charge is -1.99. The first kappa shape index (κ1) is 9.16. The third kappa shape index (κ3) is 1.62. The van der Waals surface area contributed by atoms with E-state index in [1.807, 2.05) is 0 Å². The van der Waals surface area contributed by atoms with Gasteiger partial charge in [0.15, 0.2) is 6.29 Å². The first-order chi connectivity index (χ1) is 5.69. The van der Waals surface area contributed by atoms with Gasteiger partial charge in [-0.25, -0.2) is 5.53 Å². The highest BCUT2D eigenvalue weighted by molar-refractivity contribution is 6.42. The van der Waals surface area contributed by atoms with Crippen LogP contribution in [0.5, 0.6) is 0 Å². The van der Waals surface area contributed by atoms with Gasteiger partial charge in [-0.05, 0) is 12.1 Å². The number of benzene rings is 1. The Bertz CT molecular complexity index is 305. The fourth-order valence-corrected chi connectivity index (χ4v) is 1.07. The van der Waals surface area contributed by atoms with Gasteiger partial charge in [0, 0.05) is 5.56 Å². The zero-order valence-electron chi connectivity index (χ0n) is 5.84. The van der Waals surface area contributed by atoms with Crippen LogP contribution < -0.4 is 0 Å². The summed E-state index contributed by atoms with van der Waals surface area (Å²) in [5.74, 6) is 0. The third-order valence-corrected chi connectivity index (χ3v) is 2.04. The number of nitrogens with zero attached hydrogens (tertiary/aromatic N) is 1. The average molecular weight is 203 g/mol. The molecule has 12 heavy (non-hydrogen) atoms. The van der Waals surface area contributed by atoms with Crippen molar-refractivity contribution in [3.8, 4) is 0 Å². The molecule has 1 N–H and O–H groups in total. The molecule has 0 saturated carbocycles. The lowest BCUT2D eigenvalue weighted by molar-refractivity contribution is 0.112. The summed E-state index contributed by atoms with van der Waals surface area (Å²) >= 11 is 11.3. The Morgan fingerprint density at radius 1 is 1.33 bits per heavy atom. The van der Waals surface area contributed by atoms with Crippen LogP contribution in [0.4, 0.5) is 5.69 Å². The summed E-state index contributed by atoms with van der Waals surface area (Å²) in [6, 6.07) is 2.75. The second-order valence-corrected chi connectivity index (χ2v) is 2.87. The van der Waals surface area contributed by atoms with Crippen molar-refractivity contribution in [2.24, 2.45) is 5.11 Å². The summed E-state index contributed by atoms with van der Waals surface area (Å²) in [6.45, 7) is 0. The predicted molar refractivity (Wildman–Crippen MR) is 46.7 cm³/mol. The molecular weight excluding hydrogens is 199 g/mol. The second-order valence-electron chi connectivity index (χ2n) is 2.05. The summed E-state index contributed by atoms with van der Waals surface area (Å²) in [4.78, 5) is 10.4. The number of carbonyl (C=O) groups is 1. The maximum Gasteiger partial charge on any atom is 0.152 e. The van der Waals surface area contributed by atoms with Gasteiger partial charge in [0.2, 0.25) is 0 Å². The summed E-state index contributed by atoms with van der Waals surface area (Å²) in [7, 11) is 0. The van der Waals surface area contributed by atoms with Crippen molar-refractivity contribution >= 4 is 35.2 Å². The molecule has 5 heteroatoms. The van der Waals surface area contributed by atoms with E-state index in [9.17, 15) is 4.79 Å². The molecule has 0 bridgehead atoms. The van der Waals surface area contributed by atoms with Crippen LogP contribution in [0.15, 0.2) is 17.2 Å². The molecule has 3 nitrogen and oxygen atoms in total. The van der Waals surface area contributed by atoms with E-state index in [4.69, 9.17) is 28.7 Å². The molecule has 0 heterocycles. The third-order valence-electron chi connectivity index (χ3n) is 1.32. The molecule has 0 saturated heterocycles. The highest BCUT2D eigenvalue weighted by Gasteiger charge is 2.05. The monoisotopic (exact) mass is 202 g/mol. The standard InChI is InChI=1S/C7H4Cl2N2O/c8-5-1-4(3-12)7(11-10)2-6(5)9/h1-3,10H. The second kappa shape index (κ2) is 3.65. The number of rotatable bonds is 2. The van der Waals surface area contributed by atoms with Crippen LogP contribution >= 0.6 is 23.2 Å². The highest BCUT2D eigenvalue weighted by Crippen LogP contribution is 2.29. The Labute approximate surface area is 78.8 Å². The van der Waals surface area contributed by atoms with Crippen LogP contribution in [0, 0.1) is 5.53 Å². The largest absolute Gasteiger partial charge is 0.298 e. The first-order valence-electron chi connectivity index (χ1n) is 3.00. The molecule has 0 unspecified atom stereocenters. The number of carbonyl (C=O) groups excluding carboxylic acids is 1. The van der Waals surface area contributed by atoms with Gasteiger partial charge in [-0.15, -0.1) is 0 Å². The molecule has 0 radical (unpaired) electrons. The number of halogens is 2. The van der Waals surface area contributed by atoms with E-state index in [0.717, 1.165) is 0 Å². The van der Waals surface area contributed by atoms with Crippen molar-refractivity contribution in [2.45, 2.75) is 0 Å². The van der Waals surface area contributed by atoms with Gasteiger partial charge in [-0.3, -0.25) is 4.79 Å². The van der Waals surface area contributed by atoms with Crippen LogP contribution in [0.3, 0.4) is 0 Å². The van der Waals surface area contributed by atoms with Crippen molar-refractivity contribution in [3.05, 3.63) is 27.7 Å². The molecule has 1 aromatic rings. The minimum Gasteiger partial charge on any atom is -0.298 e. The Balaban J connectivity index is 3.37. The summed E-state index contributed by atoms with van der Waals surface area (Å²) < 4.78 is 0. The van der Waals surface area contributed by atoms with Crippen LogP contribution in [0.1, 0.15) is 10.4 Å². The van der Waals surface area contributed by atoms with Gasteiger partial charge < -0.3 is 0 Å². The lowest BCUT2D eigenvalue weighted by Crippen LogP contribution is -1.81. The van der Waals surface area contributed by atoms with Crippen LogP contribution in [0.2, 0.25) is 10.0 Å². The molecule has 0 spiro atoms. The van der Waals surface area contributed by atoms with Gasteiger partial charge in [0.25, 0.3) is 0 Å². The Kier molecular flexibility index (Phi) is 2.78. The zero-order chi connectivity index (χ0) is 9.14. The SMILES string of the molecule is N=Nc1cc(Cl)c(Cl)cc1C=O. The highest BCUT2D eigenvalue weighted by atomic mass is 35.5. The van der Waals surface area contributed by atoms with E-state index in [0.29, 0.717) is 6.29 Å². The number of hydrogen-bond acceptors (Lipinski definition) is 3. The van der Waals surface area contributed by atoms with Crippen LogP contribution in [-0.4, -0.2) is 6.29 Å². The van der Waals surface area contributed by atoms with Crippen molar-refractivity contribution in [2.75, 3.05) is 0 Å². The van der Waals surface area contributed by atoms with Gasteiger partial charge in [-0.2, -0.15) is 5.11 Å². The molecule has 0 amide bonds. The average Bonchev–Trinajstić information content (AvgIpc) is 2.09. The minimum absolute atomic E-state index is 0.222. The van der Waals surface area contributed by atoms with Gasteiger partial charge >= 0.3 is 0 Å². The molecule has 0 aliphatic carbocycles. The van der Waals surface area contributed by atoms with Gasteiger partial charge in [0.1, 0.15) is 0 Å². The molecule has 0 aliphatic rings. The molecule has 0 aliphatic heterocycles. The van der Waals surface area contributed by atoms with Crippen molar-refractivity contribution in [3.63, 3.8) is 0 Å². The van der Waals surface area contributed by atoms with Crippen molar-refractivity contribution < 1.29 is 4.79 Å². The summed E-state index contributed by atoms with van der Waals surface area (Å²) in [5.41, 5.74) is 7.20. The first-order valence-corrected chi connectivity index (χ1v) is 3.76.